The zero-order valence-corrected chi connectivity index (χ0v) is 23.1. The fourth-order valence-electron chi connectivity index (χ4n) is 5.59. The van der Waals surface area contributed by atoms with Crippen molar-refractivity contribution in [3.63, 3.8) is 0 Å². The lowest BCUT2D eigenvalue weighted by Crippen LogP contribution is -2.55. The van der Waals surface area contributed by atoms with E-state index in [1.807, 2.05) is 0 Å². The molecule has 0 amide bonds. The van der Waals surface area contributed by atoms with Gasteiger partial charge in [0.05, 0.1) is 31.1 Å². The van der Waals surface area contributed by atoms with Gasteiger partial charge in [0.25, 0.3) is 0 Å². The van der Waals surface area contributed by atoms with Crippen LogP contribution in [0.5, 0.6) is 0 Å². The number of rotatable bonds is 7. The Balaban J connectivity index is 1.19. The van der Waals surface area contributed by atoms with Crippen LogP contribution in [0.1, 0.15) is 31.3 Å². The maximum atomic E-state index is 13.4. The van der Waals surface area contributed by atoms with Crippen molar-refractivity contribution in [2.24, 2.45) is 0 Å². The first-order chi connectivity index (χ1) is 20.3. The van der Waals surface area contributed by atoms with Gasteiger partial charge in [-0.05, 0) is 61.4 Å². The summed E-state index contributed by atoms with van der Waals surface area (Å²) in [4.78, 5) is 0. The molecule has 0 radical (unpaired) electrons. The Labute approximate surface area is 243 Å². The summed E-state index contributed by atoms with van der Waals surface area (Å²) >= 11 is 1.23. The average Bonchev–Trinajstić information content (AvgIpc) is 3.67. The van der Waals surface area contributed by atoms with Crippen molar-refractivity contribution in [2.45, 2.75) is 66.4 Å². The van der Waals surface area contributed by atoms with Crippen LogP contribution in [0.15, 0.2) is 60.9 Å². The fraction of sp³-hybridized carbons (Fsp3) is 0.429. The van der Waals surface area contributed by atoms with E-state index in [0.717, 1.165) is 6.42 Å². The van der Waals surface area contributed by atoms with Gasteiger partial charge in [-0.1, -0.05) is 16.8 Å². The highest BCUT2D eigenvalue weighted by molar-refractivity contribution is 8.00. The molecule has 14 heteroatoms. The van der Waals surface area contributed by atoms with Gasteiger partial charge in [-0.2, -0.15) is 0 Å². The molecule has 1 aliphatic heterocycles. The number of benzene rings is 2. The minimum Gasteiger partial charge on any atom is -0.394 e. The lowest BCUT2D eigenvalue weighted by molar-refractivity contribution is -0.178. The zero-order chi connectivity index (χ0) is 29.4. The van der Waals surface area contributed by atoms with Gasteiger partial charge in [0.2, 0.25) is 0 Å². The number of aromatic nitrogens is 6. The molecule has 2 aromatic heterocycles. The summed E-state index contributed by atoms with van der Waals surface area (Å²) in [6.45, 7) is -0.498. The summed E-state index contributed by atoms with van der Waals surface area (Å²) < 4.78 is 35.6. The average molecular weight is 601 g/mol. The molecule has 8 atom stereocenters. The summed E-state index contributed by atoms with van der Waals surface area (Å²) in [5.41, 5.74) is 1.38. The minimum atomic E-state index is -1.30. The summed E-state index contributed by atoms with van der Waals surface area (Å²) in [6, 6.07) is 10.2. The van der Waals surface area contributed by atoms with Gasteiger partial charge in [-0.25, -0.2) is 18.1 Å². The van der Waals surface area contributed by atoms with E-state index in [2.05, 4.69) is 20.6 Å². The second-order valence-electron chi connectivity index (χ2n) is 10.5. The maximum Gasteiger partial charge on any atom is 0.132 e. The van der Waals surface area contributed by atoms with Crippen LogP contribution in [0.2, 0.25) is 0 Å². The molecule has 11 nitrogen and oxygen atoms in total. The molecule has 1 saturated carbocycles. The Morgan fingerprint density at radius 1 is 0.786 bits per heavy atom. The smallest absolute Gasteiger partial charge is 0.132 e. The van der Waals surface area contributed by atoms with E-state index in [-0.39, 0.29) is 17.1 Å². The zero-order valence-electron chi connectivity index (χ0n) is 22.3. The number of hydrogen-bond donors (Lipinski definition) is 4. The molecule has 4 unspecified atom stereocenters. The molecule has 0 spiro atoms. The highest BCUT2D eigenvalue weighted by Gasteiger charge is 2.48. The predicted octanol–water partition coefficient (Wildman–Crippen LogP) is 2.35. The van der Waals surface area contributed by atoms with Crippen LogP contribution in [0.25, 0.3) is 22.5 Å². The Morgan fingerprint density at radius 3 is 1.95 bits per heavy atom. The third-order valence-corrected chi connectivity index (χ3v) is 9.39. The van der Waals surface area contributed by atoms with Crippen LogP contribution in [-0.4, -0.2) is 92.1 Å². The molecule has 4 aromatic rings. The largest absolute Gasteiger partial charge is 0.394 e. The number of nitrogens with zero attached hydrogens (tertiary/aromatic N) is 6. The lowest BCUT2D eigenvalue weighted by Gasteiger charge is -2.44. The van der Waals surface area contributed by atoms with Crippen molar-refractivity contribution >= 4 is 11.8 Å². The first-order valence-electron chi connectivity index (χ1n) is 13.6. The van der Waals surface area contributed by atoms with Crippen LogP contribution >= 0.6 is 11.8 Å². The molecule has 4 N–H and O–H groups in total. The van der Waals surface area contributed by atoms with E-state index in [1.54, 1.807) is 41.3 Å². The van der Waals surface area contributed by atoms with Gasteiger partial charge in [-0.3, -0.25) is 0 Å². The third kappa shape index (κ3) is 5.70. The number of halogens is 2. The van der Waals surface area contributed by atoms with E-state index >= 15 is 0 Å². The Bertz CT molecular complexity index is 1490. The SMILES string of the molecule is OCC1O[C@@H](S[C@@H]2CCCC(n3cc(-c4ccc(F)cc4)nn3)C2O)[C@@H](O)C(n2cc(-c3ccc(F)cc3)nn2)[C@H]1O. The normalized spacial score (nSPS) is 30.0. The Hall–Kier alpha value is -3.27. The van der Waals surface area contributed by atoms with Gasteiger partial charge in [0.15, 0.2) is 0 Å². The van der Waals surface area contributed by atoms with Crippen molar-refractivity contribution in [1.29, 1.82) is 0 Å². The summed E-state index contributed by atoms with van der Waals surface area (Å²) in [6.07, 6.45) is 0.893. The standard InChI is InChI=1S/C28H30F2N6O5S/c29-17-8-4-15(5-9-17)19-12-35(33-31-19)21-2-1-3-23(25(21)38)42-28-27(40)24(26(39)22(14-37)41-28)36-13-20(32-34-36)16-6-10-18(30)11-7-16/h4-13,21-28,37-40H,1-3,14H2/t21?,22?,23-,24?,25?,26+,27+,28+/m1/s1. The van der Waals surface area contributed by atoms with Crippen LogP contribution in [-0.2, 0) is 4.74 Å². The molecule has 222 valence electrons. The van der Waals surface area contributed by atoms with Crippen LogP contribution in [0, 0.1) is 11.6 Å². The molecule has 2 fully saturated rings. The third-order valence-electron chi connectivity index (χ3n) is 7.87. The summed E-state index contributed by atoms with van der Waals surface area (Å²) in [5.74, 6) is -0.743. The van der Waals surface area contributed by atoms with Crippen LogP contribution in [0.4, 0.5) is 8.78 Å². The minimum absolute atomic E-state index is 0.351. The molecule has 2 aromatic carbocycles. The van der Waals surface area contributed by atoms with Crippen LogP contribution in [0.3, 0.4) is 0 Å². The monoisotopic (exact) mass is 600 g/mol. The van der Waals surface area contributed by atoms with Gasteiger partial charge in [0, 0.05) is 16.4 Å². The Morgan fingerprint density at radius 2 is 1.36 bits per heavy atom. The van der Waals surface area contributed by atoms with Crippen molar-refractivity contribution in [3.8, 4) is 22.5 Å². The van der Waals surface area contributed by atoms with E-state index in [1.165, 1.54) is 40.7 Å². The van der Waals surface area contributed by atoms with Gasteiger partial charge >= 0.3 is 0 Å². The number of ether oxygens (including phenoxy) is 1. The topological polar surface area (TPSA) is 152 Å². The second kappa shape index (κ2) is 12.1. The first-order valence-corrected chi connectivity index (χ1v) is 14.6. The molecule has 3 heterocycles. The Kier molecular flexibility index (Phi) is 8.34. The lowest BCUT2D eigenvalue weighted by atomic mass is 9.92. The van der Waals surface area contributed by atoms with Crippen molar-refractivity contribution in [2.75, 3.05) is 6.61 Å². The van der Waals surface area contributed by atoms with Gasteiger partial charge < -0.3 is 25.2 Å². The van der Waals surface area contributed by atoms with Crippen LogP contribution < -0.4 is 0 Å². The number of thioether (sulfide) groups is 1. The molecule has 42 heavy (non-hydrogen) atoms. The molecule has 6 rings (SSSR count). The molecular formula is C28H30F2N6O5S. The summed E-state index contributed by atoms with van der Waals surface area (Å²) in [7, 11) is 0. The fourth-order valence-corrected chi connectivity index (χ4v) is 7.11. The quantitative estimate of drug-likeness (QED) is 0.249. The molecule has 2 aliphatic rings. The van der Waals surface area contributed by atoms with Crippen molar-refractivity contribution in [1.82, 2.24) is 30.0 Å². The highest BCUT2D eigenvalue weighted by Crippen LogP contribution is 2.42. The van der Waals surface area contributed by atoms with Gasteiger partial charge in [0.1, 0.15) is 52.8 Å². The van der Waals surface area contributed by atoms with Crippen molar-refractivity contribution in [3.05, 3.63) is 72.6 Å². The molecule has 1 saturated heterocycles. The van der Waals surface area contributed by atoms with Gasteiger partial charge in [-0.15, -0.1) is 22.0 Å². The van der Waals surface area contributed by atoms with E-state index in [4.69, 9.17) is 4.74 Å². The maximum absolute atomic E-state index is 13.4. The molecular weight excluding hydrogens is 570 g/mol. The number of hydrogen-bond acceptors (Lipinski definition) is 10. The molecule has 0 bridgehead atoms. The predicted molar refractivity (Wildman–Crippen MR) is 148 cm³/mol. The van der Waals surface area contributed by atoms with Crippen molar-refractivity contribution < 1.29 is 33.9 Å². The molecule has 1 aliphatic carbocycles. The van der Waals surface area contributed by atoms with E-state index in [9.17, 15) is 29.2 Å². The number of aliphatic hydroxyl groups excluding tert-OH is 4. The number of aliphatic hydroxyl groups is 4. The summed E-state index contributed by atoms with van der Waals surface area (Å²) in [5, 5.41) is 59.9. The highest BCUT2D eigenvalue weighted by atomic mass is 32.2. The second-order valence-corrected chi connectivity index (χ2v) is 11.9. The van der Waals surface area contributed by atoms with E-state index < -0.39 is 48.3 Å². The van der Waals surface area contributed by atoms with E-state index in [0.29, 0.717) is 35.4 Å². The first kappa shape index (κ1) is 28.8.